The molecule has 0 aromatic carbocycles. The van der Waals surface area contributed by atoms with Gasteiger partial charge in [-0.05, 0) is 28.1 Å². The second kappa shape index (κ2) is 3.64. The molecule has 0 unspecified atom stereocenters. The maximum absolute atomic E-state index is 4.61. The molecule has 0 fully saturated rings. The van der Waals surface area contributed by atoms with E-state index in [0.29, 0.717) is 0 Å². The molecule has 0 saturated heterocycles. The second-order valence-electron chi connectivity index (χ2n) is 3.27. The molecule has 76 valence electrons. The highest BCUT2D eigenvalue weighted by molar-refractivity contribution is 9.10. The number of hydrogen-bond donors (Lipinski definition) is 0. The van der Waals surface area contributed by atoms with Crippen molar-refractivity contribution >= 4 is 27.7 Å². The predicted octanol–water partition coefficient (Wildman–Crippen LogP) is 2.81. The molecule has 3 heterocycles. The van der Waals surface area contributed by atoms with Crippen LogP contribution < -0.4 is 0 Å². The van der Waals surface area contributed by atoms with Crippen molar-refractivity contribution in [1.82, 2.24) is 14.5 Å². The van der Waals surface area contributed by atoms with Crippen LogP contribution in [0.5, 0.6) is 0 Å². The molecule has 0 aliphatic carbocycles. The summed E-state index contributed by atoms with van der Waals surface area (Å²) in [6, 6.07) is 3.96. The minimum absolute atomic E-state index is 1.01. The quantitative estimate of drug-likeness (QED) is 0.805. The van der Waals surface area contributed by atoms with Crippen LogP contribution in [0.4, 0.5) is 0 Å². The lowest BCUT2D eigenvalue weighted by molar-refractivity contribution is 0.705. The molecule has 3 rings (SSSR count). The van der Waals surface area contributed by atoms with E-state index >= 15 is 0 Å². The van der Waals surface area contributed by atoms with Crippen LogP contribution in [0.25, 0.3) is 11.3 Å². The molecule has 0 spiro atoms. The average molecular weight is 282 g/mol. The minimum Gasteiger partial charge on any atom is -0.312 e. The van der Waals surface area contributed by atoms with E-state index in [1.807, 2.05) is 12.1 Å². The smallest absolute Gasteiger partial charge is 0.169 e. The molecule has 2 aromatic heterocycles. The fourth-order valence-electron chi connectivity index (χ4n) is 1.64. The summed E-state index contributed by atoms with van der Waals surface area (Å²) in [6.45, 7) is 1.04. The van der Waals surface area contributed by atoms with Crippen LogP contribution in [-0.2, 0) is 6.54 Å². The first-order chi connectivity index (χ1) is 7.36. The number of rotatable bonds is 1. The first-order valence-corrected chi connectivity index (χ1v) is 6.43. The molecule has 5 heteroatoms. The Bertz CT molecular complexity index is 495. The number of pyridine rings is 1. The van der Waals surface area contributed by atoms with E-state index in [2.05, 4.69) is 30.5 Å². The van der Waals surface area contributed by atoms with Crippen LogP contribution in [0.2, 0.25) is 0 Å². The van der Waals surface area contributed by atoms with Gasteiger partial charge < -0.3 is 4.57 Å². The third-order valence-electron chi connectivity index (χ3n) is 2.37. The molecule has 1 aliphatic heterocycles. The van der Waals surface area contributed by atoms with E-state index in [-0.39, 0.29) is 0 Å². The standard InChI is InChI=1S/C10H8BrN3S/c11-9-8(7-1-3-12-4-2-7)13-10-14(9)5-6-15-10/h1-4H,5-6H2. The third-order valence-corrected chi connectivity index (χ3v) is 4.13. The number of fused-ring (bicyclic) bond motifs is 1. The van der Waals surface area contributed by atoms with Crippen molar-refractivity contribution < 1.29 is 0 Å². The van der Waals surface area contributed by atoms with E-state index in [0.717, 1.165) is 33.3 Å². The first kappa shape index (κ1) is 9.42. The summed E-state index contributed by atoms with van der Waals surface area (Å²) in [7, 11) is 0. The summed E-state index contributed by atoms with van der Waals surface area (Å²) in [5.41, 5.74) is 2.12. The van der Waals surface area contributed by atoms with Crippen LogP contribution in [0.1, 0.15) is 0 Å². The van der Waals surface area contributed by atoms with Crippen LogP contribution in [0, 0.1) is 0 Å². The van der Waals surface area contributed by atoms with E-state index < -0.39 is 0 Å². The SMILES string of the molecule is Brc1c(-c2ccncc2)nc2n1CCS2. The molecule has 2 aromatic rings. The Morgan fingerprint density at radius 1 is 1.33 bits per heavy atom. The number of hydrogen-bond acceptors (Lipinski definition) is 3. The zero-order valence-electron chi connectivity index (χ0n) is 7.85. The van der Waals surface area contributed by atoms with Gasteiger partial charge in [0.25, 0.3) is 0 Å². The van der Waals surface area contributed by atoms with Crippen molar-refractivity contribution in [3.05, 3.63) is 29.1 Å². The van der Waals surface area contributed by atoms with Gasteiger partial charge >= 0.3 is 0 Å². The van der Waals surface area contributed by atoms with Gasteiger partial charge in [-0.15, -0.1) is 0 Å². The van der Waals surface area contributed by atoms with Crippen molar-refractivity contribution in [1.29, 1.82) is 0 Å². The van der Waals surface area contributed by atoms with Gasteiger partial charge in [-0.2, -0.15) is 0 Å². The number of nitrogens with zero attached hydrogens (tertiary/aromatic N) is 3. The molecule has 3 nitrogen and oxygen atoms in total. The number of aromatic nitrogens is 3. The summed E-state index contributed by atoms with van der Waals surface area (Å²) >= 11 is 5.41. The van der Waals surface area contributed by atoms with Crippen molar-refractivity contribution in [2.45, 2.75) is 11.7 Å². The molecule has 0 N–H and O–H groups in total. The molecule has 15 heavy (non-hydrogen) atoms. The zero-order chi connectivity index (χ0) is 10.3. The Kier molecular flexibility index (Phi) is 2.29. The second-order valence-corrected chi connectivity index (χ2v) is 5.08. The van der Waals surface area contributed by atoms with Crippen molar-refractivity contribution in [3.8, 4) is 11.3 Å². The first-order valence-electron chi connectivity index (χ1n) is 4.65. The van der Waals surface area contributed by atoms with Gasteiger partial charge in [0.2, 0.25) is 0 Å². The molecule has 0 bridgehead atoms. The Labute approximate surface area is 100 Å². The van der Waals surface area contributed by atoms with E-state index in [1.165, 1.54) is 0 Å². The summed E-state index contributed by atoms with van der Waals surface area (Å²) < 4.78 is 3.29. The lowest BCUT2D eigenvalue weighted by Gasteiger charge is -1.99. The van der Waals surface area contributed by atoms with Crippen LogP contribution in [0.3, 0.4) is 0 Å². The third kappa shape index (κ3) is 1.50. The lowest BCUT2D eigenvalue weighted by atomic mass is 10.2. The Morgan fingerprint density at radius 2 is 2.13 bits per heavy atom. The van der Waals surface area contributed by atoms with Gasteiger partial charge in [0.15, 0.2) is 5.16 Å². The zero-order valence-corrected chi connectivity index (χ0v) is 10.3. The normalized spacial score (nSPS) is 14.2. The van der Waals surface area contributed by atoms with E-state index in [9.17, 15) is 0 Å². The fourth-order valence-corrected chi connectivity index (χ4v) is 3.37. The molecular formula is C10H8BrN3S. The van der Waals surface area contributed by atoms with Crippen molar-refractivity contribution in [3.63, 3.8) is 0 Å². The largest absolute Gasteiger partial charge is 0.312 e. The van der Waals surface area contributed by atoms with Crippen molar-refractivity contribution in [2.75, 3.05) is 5.75 Å². The maximum atomic E-state index is 4.61. The van der Waals surface area contributed by atoms with Gasteiger partial charge in [-0.25, -0.2) is 4.98 Å². The van der Waals surface area contributed by atoms with Gasteiger partial charge in [-0.1, -0.05) is 11.8 Å². The number of imidazole rings is 1. The molecule has 0 saturated carbocycles. The van der Waals surface area contributed by atoms with E-state index in [4.69, 9.17) is 0 Å². The Balaban J connectivity index is 2.14. The van der Waals surface area contributed by atoms with Crippen molar-refractivity contribution in [2.24, 2.45) is 0 Å². The molecule has 0 radical (unpaired) electrons. The number of halogens is 1. The molecule has 0 atom stereocenters. The maximum Gasteiger partial charge on any atom is 0.169 e. The molecular weight excluding hydrogens is 274 g/mol. The van der Waals surface area contributed by atoms with Gasteiger partial charge in [-0.3, -0.25) is 4.98 Å². The minimum atomic E-state index is 1.01. The van der Waals surface area contributed by atoms with Crippen LogP contribution in [-0.4, -0.2) is 20.3 Å². The van der Waals surface area contributed by atoms with Gasteiger partial charge in [0.1, 0.15) is 10.3 Å². The summed E-state index contributed by atoms with van der Waals surface area (Å²) in [5.74, 6) is 1.12. The monoisotopic (exact) mass is 281 g/mol. The average Bonchev–Trinajstić information content (AvgIpc) is 2.83. The lowest BCUT2D eigenvalue weighted by Crippen LogP contribution is -1.93. The van der Waals surface area contributed by atoms with Crippen LogP contribution in [0.15, 0.2) is 34.3 Å². The van der Waals surface area contributed by atoms with Gasteiger partial charge in [0, 0.05) is 30.3 Å². The molecule has 0 amide bonds. The predicted molar refractivity (Wildman–Crippen MR) is 63.9 cm³/mol. The Hall–Kier alpha value is -0.810. The summed E-state index contributed by atoms with van der Waals surface area (Å²) in [4.78, 5) is 8.62. The highest BCUT2D eigenvalue weighted by atomic mass is 79.9. The van der Waals surface area contributed by atoms with Crippen LogP contribution >= 0.6 is 27.7 Å². The van der Waals surface area contributed by atoms with Gasteiger partial charge in [0.05, 0.1) is 0 Å². The highest BCUT2D eigenvalue weighted by Crippen LogP contribution is 2.35. The molecule has 1 aliphatic rings. The highest BCUT2D eigenvalue weighted by Gasteiger charge is 2.20. The Morgan fingerprint density at radius 3 is 2.87 bits per heavy atom. The topological polar surface area (TPSA) is 30.7 Å². The summed E-state index contributed by atoms with van der Waals surface area (Å²) in [6.07, 6.45) is 3.58. The summed E-state index contributed by atoms with van der Waals surface area (Å²) in [5, 5.41) is 1.11. The number of thioether (sulfide) groups is 1. The fraction of sp³-hybridized carbons (Fsp3) is 0.200. The van der Waals surface area contributed by atoms with E-state index in [1.54, 1.807) is 24.2 Å².